The van der Waals surface area contributed by atoms with Crippen molar-refractivity contribution in [2.24, 2.45) is 0 Å². The molecule has 0 fully saturated rings. The molecular weight excluding hydrogens is 342 g/mol. The molecule has 7 nitrogen and oxygen atoms in total. The van der Waals surface area contributed by atoms with E-state index in [-0.39, 0.29) is 11.7 Å². The minimum atomic E-state index is -0.270. The van der Waals surface area contributed by atoms with E-state index >= 15 is 0 Å². The van der Waals surface area contributed by atoms with Crippen molar-refractivity contribution >= 4 is 23.1 Å². The third kappa shape index (κ3) is 3.72. The number of aromatic nitrogens is 3. The molecule has 1 amide bonds. The van der Waals surface area contributed by atoms with Crippen LogP contribution in [0, 0.1) is 0 Å². The molecule has 4 aromatic rings. The van der Waals surface area contributed by atoms with E-state index in [0.717, 1.165) is 5.56 Å². The maximum Gasteiger partial charge on any atom is 0.261 e. The molecule has 2 heterocycles. The lowest BCUT2D eigenvalue weighted by Gasteiger charge is -2.07. The molecule has 0 aliphatic carbocycles. The van der Waals surface area contributed by atoms with Gasteiger partial charge in [-0.15, -0.1) is 0 Å². The predicted molar refractivity (Wildman–Crippen MR) is 103 cm³/mol. The molecular formula is C20H17N5O2. The van der Waals surface area contributed by atoms with Crippen molar-refractivity contribution < 1.29 is 9.90 Å². The number of aromatic hydroxyl groups is 1. The molecule has 4 rings (SSSR count). The minimum Gasteiger partial charge on any atom is -0.508 e. The van der Waals surface area contributed by atoms with Crippen LogP contribution in [0.4, 0.5) is 11.5 Å². The van der Waals surface area contributed by atoms with Gasteiger partial charge in [0.05, 0.1) is 6.20 Å². The van der Waals surface area contributed by atoms with E-state index in [9.17, 15) is 9.90 Å². The fourth-order valence-corrected chi connectivity index (χ4v) is 2.71. The predicted octanol–water partition coefficient (Wildman–Crippen LogP) is 3.30. The molecule has 0 spiro atoms. The molecule has 0 atom stereocenters. The summed E-state index contributed by atoms with van der Waals surface area (Å²) in [5.41, 5.74) is 2.48. The van der Waals surface area contributed by atoms with Crippen molar-refractivity contribution in [3.05, 3.63) is 84.2 Å². The number of hydrogen-bond acceptors (Lipinski definition) is 5. The van der Waals surface area contributed by atoms with Crippen LogP contribution in [0.2, 0.25) is 0 Å². The molecule has 2 aromatic heterocycles. The summed E-state index contributed by atoms with van der Waals surface area (Å²) in [5.74, 6) is 0.558. The van der Waals surface area contributed by atoms with E-state index < -0.39 is 0 Å². The molecule has 0 bridgehead atoms. The Labute approximate surface area is 155 Å². The molecule has 0 unspecified atom stereocenters. The van der Waals surface area contributed by atoms with Crippen LogP contribution >= 0.6 is 0 Å². The van der Waals surface area contributed by atoms with E-state index in [1.807, 2.05) is 36.4 Å². The second-order valence-corrected chi connectivity index (χ2v) is 5.98. The number of amides is 1. The van der Waals surface area contributed by atoms with Crippen LogP contribution in [0.5, 0.6) is 5.75 Å². The molecule has 0 saturated heterocycles. The average molecular weight is 359 g/mol. The van der Waals surface area contributed by atoms with Gasteiger partial charge in [0.1, 0.15) is 17.1 Å². The zero-order valence-corrected chi connectivity index (χ0v) is 14.3. The van der Waals surface area contributed by atoms with E-state index in [1.165, 1.54) is 6.20 Å². The van der Waals surface area contributed by atoms with Gasteiger partial charge in [0.15, 0.2) is 5.65 Å². The van der Waals surface area contributed by atoms with Crippen LogP contribution in [-0.4, -0.2) is 25.6 Å². The molecule has 3 N–H and O–H groups in total. The van der Waals surface area contributed by atoms with Crippen LogP contribution < -0.4 is 10.6 Å². The van der Waals surface area contributed by atoms with Crippen LogP contribution in [0.1, 0.15) is 15.9 Å². The number of fused-ring (bicyclic) bond motifs is 1. The molecule has 7 heteroatoms. The zero-order chi connectivity index (χ0) is 18.6. The minimum absolute atomic E-state index is 0.216. The van der Waals surface area contributed by atoms with Gasteiger partial charge in [0, 0.05) is 18.4 Å². The summed E-state index contributed by atoms with van der Waals surface area (Å²) in [6.45, 7) is 0.497. The quantitative estimate of drug-likeness (QED) is 0.508. The standard InChI is InChI=1S/C20H17N5O2/c26-16-8-4-5-14(11-16)12-21-18-9-10-25-19(24-18)17(13-22-25)20(27)23-15-6-2-1-3-7-15/h1-11,13,26H,12H2,(H,21,24)(H,23,27). The molecule has 2 aromatic carbocycles. The maximum atomic E-state index is 12.6. The highest BCUT2D eigenvalue weighted by Crippen LogP contribution is 2.16. The van der Waals surface area contributed by atoms with Gasteiger partial charge in [-0.2, -0.15) is 5.10 Å². The first-order valence-electron chi connectivity index (χ1n) is 8.41. The Bertz CT molecular complexity index is 1090. The van der Waals surface area contributed by atoms with Crippen LogP contribution in [0.3, 0.4) is 0 Å². The molecule has 0 saturated carbocycles. The maximum absolute atomic E-state index is 12.6. The topological polar surface area (TPSA) is 91.6 Å². The lowest BCUT2D eigenvalue weighted by Crippen LogP contribution is -2.12. The van der Waals surface area contributed by atoms with Gasteiger partial charge < -0.3 is 15.7 Å². The summed E-state index contributed by atoms with van der Waals surface area (Å²) in [6, 6.07) is 18.0. The van der Waals surface area contributed by atoms with Crippen molar-refractivity contribution in [3.8, 4) is 5.75 Å². The van der Waals surface area contributed by atoms with Gasteiger partial charge >= 0.3 is 0 Å². The third-order valence-electron chi connectivity index (χ3n) is 4.03. The number of phenols is 1. The number of hydrogen-bond donors (Lipinski definition) is 3. The third-order valence-corrected chi connectivity index (χ3v) is 4.03. The van der Waals surface area contributed by atoms with E-state index in [0.29, 0.717) is 29.3 Å². The first-order valence-corrected chi connectivity index (χ1v) is 8.41. The van der Waals surface area contributed by atoms with Gasteiger partial charge in [-0.1, -0.05) is 30.3 Å². The van der Waals surface area contributed by atoms with Crippen molar-refractivity contribution in [3.63, 3.8) is 0 Å². The zero-order valence-electron chi connectivity index (χ0n) is 14.3. The molecule has 134 valence electrons. The van der Waals surface area contributed by atoms with Gasteiger partial charge in [-0.05, 0) is 35.9 Å². The highest BCUT2D eigenvalue weighted by molar-refractivity contribution is 6.08. The Hall–Kier alpha value is -3.87. The molecule has 27 heavy (non-hydrogen) atoms. The Kier molecular flexibility index (Phi) is 4.40. The number of nitrogens with zero attached hydrogens (tertiary/aromatic N) is 3. The number of para-hydroxylation sites is 1. The lowest BCUT2D eigenvalue weighted by molar-refractivity contribution is 0.102. The number of carbonyl (C=O) groups excluding carboxylic acids is 1. The van der Waals surface area contributed by atoms with Gasteiger partial charge in [0.2, 0.25) is 0 Å². The summed E-state index contributed by atoms with van der Waals surface area (Å²) in [7, 11) is 0. The number of benzene rings is 2. The first kappa shape index (κ1) is 16.6. The fraction of sp³-hybridized carbons (Fsp3) is 0.0500. The second kappa shape index (κ2) is 7.17. The van der Waals surface area contributed by atoms with Crippen molar-refractivity contribution in [1.29, 1.82) is 0 Å². The van der Waals surface area contributed by atoms with Crippen molar-refractivity contribution in [2.75, 3.05) is 10.6 Å². The second-order valence-electron chi connectivity index (χ2n) is 5.98. The number of nitrogens with one attached hydrogen (secondary N) is 2. The van der Waals surface area contributed by atoms with Gasteiger partial charge in [-0.3, -0.25) is 4.79 Å². The van der Waals surface area contributed by atoms with E-state index in [4.69, 9.17) is 0 Å². The van der Waals surface area contributed by atoms with Crippen molar-refractivity contribution in [2.45, 2.75) is 6.54 Å². The number of carbonyl (C=O) groups is 1. The van der Waals surface area contributed by atoms with E-state index in [2.05, 4.69) is 20.7 Å². The Morgan fingerprint density at radius 1 is 1.07 bits per heavy atom. The smallest absolute Gasteiger partial charge is 0.261 e. The van der Waals surface area contributed by atoms with E-state index in [1.54, 1.807) is 35.0 Å². The largest absolute Gasteiger partial charge is 0.508 e. The average Bonchev–Trinajstić information content (AvgIpc) is 3.10. The van der Waals surface area contributed by atoms with Crippen LogP contribution in [0.15, 0.2) is 73.1 Å². The molecule has 0 radical (unpaired) electrons. The number of rotatable bonds is 5. The normalized spacial score (nSPS) is 10.7. The summed E-state index contributed by atoms with van der Waals surface area (Å²) in [6.07, 6.45) is 3.24. The Morgan fingerprint density at radius 2 is 1.93 bits per heavy atom. The fourth-order valence-electron chi connectivity index (χ4n) is 2.71. The highest BCUT2D eigenvalue weighted by atomic mass is 16.3. The Morgan fingerprint density at radius 3 is 2.74 bits per heavy atom. The number of phenolic OH excluding ortho intramolecular Hbond substituents is 1. The lowest BCUT2D eigenvalue weighted by atomic mass is 10.2. The number of anilines is 2. The summed E-state index contributed by atoms with van der Waals surface area (Å²) < 4.78 is 1.55. The van der Waals surface area contributed by atoms with Crippen LogP contribution in [-0.2, 0) is 6.54 Å². The molecule has 0 aliphatic rings. The summed E-state index contributed by atoms with van der Waals surface area (Å²) in [4.78, 5) is 17.1. The summed E-state index contributed by atoms with van der Waals surface area (Å²) in [5, 5.41) is 19.8. The van der Waals surface area contributed by atoms with Gasteiger partial charge in [0.25, 0.3) is 5.91 Å². The first-order chi connectivity index (χ1) is 13.2. The summed E-state index contributed by atoms with van der Waals surface area (Å²) >= 11 is 0. The van der Waals surface area contributed by atoms with Crippen LogP contribution in [0.25, 0.3) is 5.65 Å². The Balaban J connectivity index is 1.54. The molecule has 0 aliphatic heterocycles. The SMILES string of the molecule is O=C(Nc1ccccc1)c1cnn2ccc(NCc3cccc(O)c3)nc12. The monoisotopic (exact) mass is 359 g/mol. The van der Waals surface area contributed by atoms with Crippen molar-refractivity contribution in [1.82, 2.24) is 14.6 Å². The highest BCUT2D eigenvalue weighted by Gasteiger charge is 2.14. The van der Waals surface area contributed by atoms with Gasteiger partial charge in [-0.25, -0.2) is 9.50 Å².